The molecule has 0 amide bonds. The molecule has 1 aliphatic heterocycles. The lowest BCUT2D eigenvalue weighted by atomic mass is 9.90. The number of phenolic OH excluding ortho intramolecular Hbond substituents is 1. The monoisotopic (exact) mass is 333 g/mol. The van der Waals surface area contributed by atoms with E-state index in [1.165, 1.54) is 0 Å². The van der Waals surface area contributed by atoms with Crippen LogP contribution in [0.2, 0.25) is 0 Å². The van der Waals surface area contributed by atoms with E-state index in [-0.39, 0.29) is 17.6 Å². The van der Waals surface area contributed by atoms with Gasteiger partial charge in [-0.25, -0.2) is 0 Å². The molecule has 1 aromatic heterocycles. The van der Waals surface area contributed by atoms with Gasteiger partial charge in [0.15, 0.2) is 0 Å². The molecular weight excluding hydrogens is 314 g/mol. The van der Waals surface area contributed by atoms with Gasteiger partial charge < -0.3 is 19.9 Å². The van der Waals surface area contributed by atoms with Crippen molar-refractivity contribution in [3.8, 4) is 5.75 Å². The van der Waals surface area contributed by atoms with Gasteiger partial charge in [-0.2, -0.15) is 0 Å². The van der Waals surface area contributed by atoms with Crippen LogP contribution in [-0.2, 0) is 7.05 Å². The summed E-state index contributed by atoms with van der Waals surface area (Å²) >= 11 is 0. The Bertz CT molecular complexity index is 933. The van der Waals surface area contributed by atoms with E-state index in [2.05, 4.69) is 10.2 Å². The van der Waals surface area contributed by atoms with Crippen molar-refractivity contribution in [1.29, 1.82) is 0 Å². The number of rotatable bonds is 3. The van der Waals surface area contributed by atoms with Crippen LogP contribution in [0.5, 0.6) is 5.75 Å². The van der Waals surface area contributed by atoms with E-state index < -0.39 is 0 Å². The first-order chi connectivity index (χ1) is 12.0. The van der Waals surface area contributed by atoms with Gasteiger partial charge in [0.1, 0.15) is 5.75 Å². The molecule has 0 saturated heterocycles. The van der Waals surface area contributed by atoms with Crippen LogP contribution in [0.1, 0.15) is 33.2 Å². The summed E-state index contributed by atoms with van der Waals surface area (Å²) in [5.41, 5.74) is 4.42. The molecule has 5 nitrogen and oxygen atoms in total. The molecule has 1 aromatic carbocycles. The Morgan fingerprint density at radius 2 is 1.96 bits per heavy atom. The average Bonchev–Trinajstić information content (AvgIpc) is 2.93. The molecule has 1 aliphatic carbocycles. The van der Waals surface area contributed by atoms with Crippen molar-refractivity contribution in [3.63, 3.8) is 0 Å². The molecule has 4 rings (SSSR count). The van der Waals surface area contributed by atoms with E-state index in [0.29, 0.717) is 5.70 Å². The fourth-order valence-corrected chi connectivity index (χ4v) is 3.38. The molecule has 0 radical (unpaired) electrons. The zero-order valence-corrected chi connectivity index (χ0v) is 14.1. The zero-order chi connectivity index (χ0) is 17.6. The van der Waals surface area contributed by atoms with Crippen molar-refractivity contribution in [2.45, 2.75) is 6.04 Å². The van der Waals surface area contributed by atoms with E-state index in [9.17, 15) is 9.90 Å². The third kappa shape index (κ3) is 2.54. The Hall–Kier alpha value is -3.21. The SMILES string of the molecule is CN1C=Cc2cn(C)c3c2C1C=C(NC=Cc1ccc(O)cc1)C3=O. The van der Waals surface area contributed by atoms with Crippen molar-refractivity contribution in [3.05, 3.63) is 77.0 Å². The quantitative estimate of drug-likeness (QED) is 0.906. The fraction of sp³-hybridized carbons (Fsp3) is 0.150. The lowest BCUT2D eigenvalue weighted by Crippen LogP contribution is -2.30. The molecule has 2 heterocycles. The van der Waals surface area contributed by atoms with Crippen LogP contribution in [0.15, 0.2) is 54.6 Å². The molecule has 0 bridgehead atoms. The van der Waals surface area contributed by atoms with Crippen LogP contribution in [0, 0.1) is 0 Å². The zero-order valence-electron chi connectivity index (χ0n) is 14.1. The van der Waals surface area contributed by atoms with Crippen LogP contribution in [-0.4, -0.2) is 27.4 Å². The van der Waals surface area contributed by atoms with E-state index >= 15 is 0 Å². The van der Waals surface area contributed by atoms with Crippen molar-refractivity contribution < 1.29 is 9.90 Å². The van der Waals surface area contributed by atoms with Gasteiger partial charge in [0.05, 0.1) is 17.4 Å². The van der Waals surface area contributed by atoms with Crippen LogP contribution in [0.3, 0.4) is 0 Å². The molecule has 1 unspecified atom stereocenters. The van der Waals surface area contributed by atoms with Gasteiger partial charge in [-0.05, 0) is 41.5 Å². The third-order valence-electron chi connectivity index (χ3n) is 4.67. The average molecular weight is 333 g/mol. The second kappa shape index (κ2) is 5.70. The molecular formula is C20H19N3O2. The smallest absolute Gasteiger partial charge is 0.225 e. The number of likely N-dealkylation sites (N-methyl/N-ethyl adjacent to an activating group) is 1. The number of phenols is 1. The van der Waals surface area contributed by atoms with Crippen molar-refractivity contribution >= 4 is 17.9 Å². The maximum absolute atomic E-state index is 12.9. The number of aromatic nitrogens is 1. The number of nitrogens with one attached hydrogen (secondary N) is 1. The first kappa shape index (κ1) is 15.3. The van der Waals surface area contributed by atoms with Gasteiger partial charge in [-0.3, -0.25) is 4.79 Å². The number of Topliss-reactive ketones (excluding diaryl/α,β-unsaturated/α-hetero) is 1. The number of benzene rings is 1. The second-order valence-electron chi connectivity index (χ2n) is 6.36. The first-order valence-corrected chi connectivity index (χ1v) is 8.12. The van der Waals surface area contributed by atoms with Gasteiger partial charge >= 0.3 is 0 Å². The summed E-state index contributed by atoms with van der Waals surface area (Å²) in [5.74, 6) is 0.231. The van der Waals surface area contributed by atoms with Gasteiger partial charge in [-0.15, -0.1) is 0 Å². The Kier molecular flexibility index (Phi) is 3.50. The molecule has 2 N–H and O–H groups in total. The van der Waals surface area contributed by atoms with Gasteiger partial charge in [0, 0.05) is 38.3 Å². The van der Waals surface area contributed by atoms with E-state index in [1.807, 2.05) is 61.4 Å². The standard InChI is InChI=1S/C20H19N3O2/c1-22-10-8-14-12-23(2)19-18(14)17(22)11-16(20(19)25)21-9-7-13-3-5-15(24)6-4-13/h3-12,17,21,24H,1-2H3. The molecule has 2 aromatic rings. The number of ketones is 1. The number of aromatic hydroxyl groups is 1. The highest BCUT2D eigenvalue weighted by Gasteiger charge is 2.34. The lowest BCUT2D eigenvalue weighted by Gasteiger charge is -2.32. The minimum atomic E-state index is -0.000874. The molecule has 2 aliphatic rings. The van der Waals surface area contributed by atoms with Crippen LogP contribution < -0.4 is 5.32 Å². The lowest BCUT2D eigenvalue weighted by molar-refractivity contribution is 0.101. The molecule has 0 spiro atoms. The molecule has 1 atom stereocenters. The Morgan fingerprint density at radius 1 is 1.20 bits per heavy atom. The van der Waals surface area contributed by atoms with Crippen LogP contribution >= 0.6 is 0 Å². The van der Waals surface area contributed by atoms with Crippen molar-refractivity contribution in [1.82, 2.24) is 14.8 Å². The molecule has 5 heteroatoms. The number of carbonyl (C=O) groups is 1. The maximum Gasteiger partial charge on any atom is 0.225 e. The minimum Gasteiger partial charge on any atom is -0.508 e. The highest BCUT2D eigenvalue weighted by molar-refractivity contribution is 6.10. The normalized spacial score (nSPS) is 18.5. The summed E-state index contributed by atoms with van der Waals surface area (Å²) in [6, 6.07) is 6.94. The summed E-state index contributed by atoms with van der Waals surface area (Å²) in [6.07, 6.45) is 11.7. The maximum atomic E-state index is 12.9. The predicted molar refractivity (Wildman–Crippen MR) is 97.6 cm³/mol. The summed E-state index contributed by atoms with van der Waals surface area (Å²) in [5, 5.41) is 12.4. The van der Waals surface area contributed by atoms with Gasteiger partial charge in [-0.1, -0.05) is 12.1 Å². The predicted octanol–water partition coefficient (Wildman–Crippen LogP) is 3.03. The second-order valence-corrected chi connectivity index (χ2v) is 6.36. The van der Waals surface area contributed by atoms with Crippen LogP contribution in [0.4, 0.5) is 0 Å². The molecule has 126 valence electrons. The topological polar surface area (TPSA) is 57.5 Å². The highest BCUT2D eigenvalue weighted by Crippen LogP contribution is 2.38. The van der Waals surface area contributed by atoms with Gasteiger partial charge in [0.2, 0.25) is 5.78 Å². The number of nitrogens with zero attached hydrogens (tertiary/aromatic N) is 2. The number of carbonyl (C=O) groups excluding carboxylic acids is 1. The fourth-order valence-electron chi connectivity index (χ4n) is 3.38. The summed E-state index contributed by atoms with van der Waals surface area (Å²) < 4.78 is 1.90. The summed E-state index contributed by atoms with van der Waals surface area (Å²) in [7, 11) is 3.92. The Balaban J connectivity index is 1.62. The Labute approximate surface area is 146 Å². The highest BCUT2D eigenvalue weighted by atomic mass is 16.3. The largest absolute Gasteiger partial charge is 0.508 e. The van der Waals surface area contributed by atoms with Gasteiger partial charge in [0.25, 0.3) is 0 Å². The summed E-state index contributed by atoms with van der Waals surface area (Å²) in [4.78, 5) is 15.0. The van der Waals surface area contributed by atoms with E-state index in [0.717, 1.165) is 22.4 Å². The number of allylic oxidation sites excluding steroid dienone is 1. The number of hydrogen-bond donors (Lipinski definition) is 2. The third-order valence-corrected chi connectivity index (χ3v) is 4.67. The minimum absolute atomic E-state index is 0.000874. The summed E-state index contributed by atoms with van der Waals surface area (Å²) in [6.45, 7) is 0. The first-order valence-electron chi connectivity index (χ1n) is 8.12. The molecule has 0 saturated carbocycles. The number of hydrogen-bond acceptors (Lipinski definition) is 4. The van der Waals surface area contributed by atoms with Crippen molar-refractivity contribution in [2.24, 2.45) is 7.05 Å². The molecule has 25 heavy (non-hydrogen) atoms. The molecule has 0 fully saturated rings. The number of aryl methyl sites for hydroxylation is 1. The van der Waals surface area contributed by atoms with Crippen molar-refractivity contribution in [2.75, 3.05) is 7.05 Å². The van der Waals surface area contributed by atoms with Crippen LogP contribution in [0.25, 0.3) is 12.2 Å². The van der Waals surface area contributed by atoms with E-state index in [4.69, 9.17) is 0 Å². The Morgan fingerprint density at radius 3 is 2.72 bits per heavy atom. The van der Waals surface area contributed by atoms with E-state index in [1.54, 1.807) is 18.3 Å².